The predicted octanol–water partition coefficient (Wildman–Crippen LogP) is 1.99. The number of nitrogens with two attached hydrogens (primary N) is 2. The van der Waals surface area contributed by atoms with Gasteiger partial charge in [-0.15, -0.1) is 0 Å². The fourth-order valence-electron chi connectivity index (χ4n) is 3.87. The number of primary amides is 1. The van der Waals surface area contributed by atoms with Gasteiger partial charge in [0, 0.05) is 24.6 Å². The Balaban J connectivity index is 1.55. The molecule has 1 aromatic rings. The summed E-state index contributed by atoms with van der Waals surface area (Å²) in [5, 5.41) is 6.78. The third kappa shape index (κ3) is 4.80. The molecule has 0 unspecified atom stereocenters. The number of nitrogens with zero attached hydrogens (tertiary/aromatic N) is 2. The molecule has 27 heavy (non-hydrogen) atoms. The fraction of sp³-hybridized carbons (Fsp3) is 0.737. The van der Waals surface area contributed by atoms with Crippen molar-refractivity contribution in [1.82, 2.24) is 9.97 Å². The van der Waals surface area contributed by atoms with E-state index in [9.17, 15) is 4.79 Å². The van der Waals surface area contributed by atoms with Gasteiger partial charge < -0.3 is 26.8 Å². The van der Waals surface area contributed by atoms with Crippen molar-refractivity contribution in [3.8, 4) is 0 Å². The lowest BCUT2D eigenvalue weighted by atomic mass is 9.71. The highest BCUT2D eigenvalue weighted by atomic mass is 16.5. The molecule has 0 bridgehead atoms. The summed E-state index contributed by atoms with van der Waals surface area (Å²) in [6, 6.07) is 0.306. The van der Waals surface area contributed by atoms with Crippen LogP contribution in [0.15, 0.2) is 6.20 Å². The zero-order valence-electron chi connectivity index (χ0n) is 16.3. The molecule has 8 nitrogen and oxygen atoms in total. The van der Waals surface area contributed by atoms with Crippen molar-refractivity contribution in [2.24, 2.45) is 23.0 Å². The second kappa shape index (κ2) is 8.29. The Morgan fingerprint density at radius 2 is 2.11 bits per heavy atom. The van der Waals surface area contributed by atoms with E-state index in [-0.39, 0.29) is 11.3 Å². The minimum atomic E-state index is -0.359. The van der Waals surface area contributed by atoms with E-state index >= 15 is 0 Å². The minimum absolute atomic E-state index is 0.188. The molecule has 2 heterocycles. The van der Waals surface area contributed by atoms with Crippen molar-refractivity contribution in [2.75, 3.05) is 36.1 Å². The molecular weight excluding hydrogens is 344 g/mol. The predicted molar refractivity (Wildman–Crippen MR) is 106 cm³/mol. The fourth-order valence-corrected chi connectivity index (χ4v) is 3.87. The van der Waals surface area contributed by atoms with Crippen LogP contribution in [0.25, 0.3) is 0 Å². The highest BCUT2D eigenvalue weighted by Crippen LogP contribution is 2.38. The van der Waals surface area contributed by atoms with E-state index in [1.807, 2.05) is 6.92 Å². The second-order valence-electron chi connectivity index (χ2n) is 8.34. The number of amides is 1. The van der Waals surface area contributed by atoms with Crippen LogP contribution in [-0.2, 0) is 9.53 Å². The Labute approximate surface area is 160 Å². The van der Waals surface area contributed by atoms with Crippen molar-refractivity contribution in [2.45, 2.75) is 52.0 Å². The number of anilines is 3. The molecule has 3 rings (SSSR count). The van der Waals surface area contributed by atoms with Crippen LogP contribution in [0.5, 0.6) is 0 Å². The molecule has 0 radical (unpaired) electrons. The van der Waals surface area contributed by atoms with Gasteiger partial charge in [0.1, 0.15) is 0 Å². The van der Waals surface area contributed by atoms with Crippen LogP contribution in [0.1, 0.15) is 46.0 Å². The smallest absolute Gasteiger partial charge is 0.224 e. The van der Waals surface area contributed by atoms with Gasteiger partial charge in [0.15, 0.2) is 5.82 Å². The van der Waals surface area contributed by atoms with E-state index in [0.717, 1.165) is 51.9 Å². The summed E-state index contributed by atoms with van der Waals surface area (Å²) in [5.74, 6) is 1.97. The van der Waals surface area contributed by atoms with Gasteiger partial charge in [-0.2, -0.15) is 4.98 Å². The molecule has 1 saturated heterocycles. The third-order valence-electron chi connectivity index (χ3n) is 6.13. The number of hydrogen-bond acceptors (Lipinski definition) is 7. The molecule has 0 aromatic carbocycles. The van der Waals surface area contributed by atoms with Gasteiger partial charge in [-0.1, -0.05) is 13.8 Å². The molecule has 2 aliphatic rings. The molecule has 1 aliphatic carbocycles. The van der Waals surface area contributed by atoms with E-state index in [4.69, 9.17) is 16.2 Å². The van der Waals surface area contributed by atoms with Gasteiger partial charge in [-0.3, -0.25) is 4.79 Å². The lowest BCUT2D eigenvalue weighted by molar-refractivity contribution is -0.128. The SMILES string of the molecule is C[C@@H]1COCC[C@H]1Nc1ncc(N)c(NCC2CCC(C)(C(N)=O)CC2)n1. The van der Waals surface area contributed by atoms with Crippen molar-refractivity contribution in [3.63, 3.8) is 0 Å². The molecule has 1 aromatic heterocycles. The molecule has 2 fully saturated rings. The van der Waals surface area contributed by atoms with Gasteiger partial charge in [-0.05, 0) is 43.9 Å². The van der Waals surface area contributed by atoms with Gasteiger partial charge in [0.2, 0.25) is 11.9 Å². The first-order valence-corrected chi connectivity index (χ1v) is 9.88. The summed E-state index contributed by atoms with van der Waals surface area (Å²) < 4.78 is 5.49. The van der Waals surface area contributed by atoms with Crippen molar-refractivity contribution in [1.29, 1.82) is 0 Å². The van der Waals surface area contributed by atoms with Crippen LogP contribution in [0, 0.1) is 17.3 Å². The maximum Gasteiger partial charge on any atom is 0.224 e. The molecule has 6 N–H and O–H groups in total. The topological polar surface area (TPSA) is 128 Å². The first kappa shape index (κ1) is 19.7. The van der Waals surface area contributed by atoms with Crippen LogP contribution in [0.2, 0.25) is 0 Å². The molecule has 1 amide bonds. The Bertz CT molecular complexity index is 660. The summed E-state index contributed by atoms with van der Waals surface area (Å²) in [4.78, 5) is 20.5. The second-order valence-corrected chi connectivity index (χ2v) is 8.34. The number of nitrogens with one attached hydrogen (secondary N) is 2. The summed E-state index contributed by atoms with van der Waals surface area (Å²) in [5.41, 5.74) is 11.8. The highest BCUT2D eigenvalue weighted by Gasteiger charge is 2.35. The maximum absolute atomic E-state index is 11.6. The van der Waals surface area contributed by atoms with Crippen LogP contribution in [0.4, 0.5) is 17.5 Å². The third-order valence-corrected chi connectivity index (χ3v) is 6.13. The van der Waals surface area contributed by atoms with Crippen LogP contribution >= 0.6 is 0 Å². The zero-order valence-corrected chi connectivity index (χ0v) is 16.3. The number of hydrogen-bond donors (Lipinski definition) is 4. The monoisotopic (exact) mass is 376 g/mol. The summed E-state index contributed by atoms with van der Waals surface area (Å²) >= 11 is 0. The molecule has 8 heteroatoms. The number of nitrogen functional groups attached to an aromatic ring is 1. The first-order valence-electron chi connectivity index (χ1n) is 9.88. The van der Waals surface area contributed by atoms with Gasteiger partial charge in [-0.25, -0.2) is 4.98 Å². The zero-order chi connectivity index (χ0) is 19.4. The molecule has 1 aliphatic heterocycles. The number of carbonyl (C=O) groups excluding carboxylic acids is 1. The Morgan fingerprint density at radius 3 is 2.78 bits per heavy atom. The van der Waals surface area contributed by atoms with E-state index in [1.165, 1.54) is 0 Å². The number of ether oxygens (including phenoxy) is 1. The molecule has 1 saturated carbocycles. The Kier molecular flexibility index (Phi) is 6.04. The van der Waals surface area contributed by atoms with Crippen LogP contribution < -0.4 is 22.1 Å². The maximum atomic E-state index is 11.6. The van der Waals surface area contributed by atoms with Crippen molar-refractivity contribution >= 4 is 23.4 Å². The van der Waals surface area contributed by atoms with E-state index < -0.39 is 0 Å². The Morgan fingerprint density at radius 1 is 1.37 bits per heavy atom. The average Bonchev–Trinajstić information content (AvgIpc) is 2.65. The average molecular weight is 377 g/mol. The Hall–Kier alpha value is -2.09. The first-order chi connectivity index (χ1) is 12.9. The number of rotatable bonds is 6. The van der Waals surface area contributed by atoms with Gasteiger partial charge in [0.05, 0.1) is 18.5 Å². The van der Waals surface area contributed by atoms with Gasteiger partial charge >= 0.3 is 0 Å². The van der Waals surface area contributed by atoms with Crippen molar-refractivity contribution in [3.05, 3.63) is 6.20 Å². The molecule has 2 atom stereocenters. The number of carbonyl (C=O) groups is 1. The molecule has 0 spiro atoms. The highest BCUT2D eigenvalue weighted by molar-refractivity contribution is 5.80. The van der Waals surface area contributed by atoms with Gasteiger partial charge in [0.25, 0.3) is 0 Å². The van der Waals surface area contributed by atoms with E-state index in [1.54, 1.807) is 6.20 Å². The lowest BCUT2D eigenvalue weighted by Gasteiger charge is -2.34. The summed E-state index contributed by atoms with van der Waals surface area (Å²) in [6.07, 6.45) is 6.21. The van der Waals surface area contributed by atoms with Crippen LogP contribution in [0.3, 0.4) is 0 Å². The van der Waals surface area contributed by atoms with E-state index in [0.29, 0.717) is 35.3 Å². The summed E-state index contributed by atoms with van der Waals surface area (Å²) in [7, 11) is 0. The lowest BCUT2D eigenvalue weighted by Crippen LogP contribution is -2.38. The van der Waals surface area contributed by atoms with E-state index in [2.05, 4.69) is 27.5 Å². The number of aromatic nitrogens is 2. The largest absolute Gasteiger partial charge is 0.394 e. The summed E-state index contributed by atoms with van der Waals surface area (Å²) in [6.45, 7) is 6.42. The quantitative estimate of drug-likeness (QED) is 0.597. The normalized spacial score (nSPS) is 31.3. The standard InChI is InChI=1S/C19H32N6O2/c1-12-11-27-8-5-15(12)24-18-23-10-14(20)16(25-18)22-9-13-3-6-19(2,7-4-13)17(21)26/h10,12-13,15H,3-9,11,20H2,1-2H3,(H2,21,26)(H2,22,23,24,25)/t12-,13?,15-,19?/m1/s1. The molecule has 150 valence electrons. The molecular formula is C19H32N6O2. The minimum Gasteiger partial charge on any atom is -0.394 e. The van der Waals surface area contributed by atoms with Crippen LogP contribution in [-0.4, -0.2) is 41.7 Å². The van der Waals surface area contributed by atoms with Crippen molar-refractivity contribution < 1.29 is 9.53 Å².